The van der Waals surface area contributed by atoms with Crippen molar-refractivity contribution in [3.63, 3.8) is 0 Å². The second kappa shape index (κ2) is 10.7. The van der Waals surface area contributed by atoms with E-state index in [2.05, 4.69) is 46.6 Å². The van der Waals surface area contributed by atoms with Crippen molar-refractivity contribution in [1.82, 2.24) is 15.6 Å². The van der Waals surface area contributed by atoms with Gasteiger partial charge in [-0.05, 0) is 43.9 Å². The molecule has 2 aromatic rings. The predicted octanol–water partition coefficient (Wildman–Crippen LogP) is 3.40. The van der Waals surface area contributed by atoms with Gasteiger partial charge in [0.1, 0.15) is 10.8 Å². The molecule has 0 aliphatic heterocycles. The van der Waals surface area contributed by atoms with Crippen molar-refractivity contribution in [3.05, 3.63) is 45.9 Å². The van der Waals surface area contributed by atoms with Gasteiger partial charge in [-0.2, -0.15) is 0 Å². The summed E-state index contributed by atoms with van der Waals surface area (Å²) in [5, 5.41) is 7.74. The third kappa shape index (κ3) is 6.74. The summed E-state index contributed by atoms with van der Waals surface area (Å²) in [5.41, 5.74) is 1.32. The highest BCUT2D eigenvalue weighted by molar-refractivity contribution is 7.11. The zero-order valence-corrected chi connectivity index (χ0v) is 16.2. The number of hydrogen-bond donors (Lipinski definition) is 2. The first-order chi connectivity index (χ1) is 12.2. The van der Waals surface area contributed by atoms with E-state index in [1.54, 1.807) is 18.4 Å². The van der Waals surface area contributed by atoms with Gasteiger partial charge in [-0.1, -0.05) is 19.1 Å². The van der Waals surface area contributed by atoms with Gasteiger partial charge in [0.2, 0.25) is 0 Å². The van der Waals surface area contributed by atoms with E-state index in [9.17, 15) is 0 Å². The van der Waals surface area contributed by atoms with E-state index in [1.807, 2.05) is 18.3 Å². The van der Waals surface area contributed by atoms with E-state index in [4.69, 9.17) is 4.74 Å². The molecule has 136 valence electrons. The average molecular weight is 361 g/mol. The summed E-state index contributed by atoms with van der Waals surface area (Å²) in [4.78, 5) is 10.3. The van der Waals surface area contributed by atoms with Crippen LogP contribution in [0.1, 0.15) is 35.7 Å². The van der Waals surface area contributed by atoms with Crippen molar-refractivity contribution in [2.45, 2.75) is 39.7 Å². The molecule has 0 spiro atoms. The lowest BCUT2D eigenvalue weighted by molar-refractivity contribution is 0.414. The highest BCUT2D eigenvalue weighted by Gasteiger charge is 2.02. The lowest BCUT2D eigenvalue weighted by atomic mass is 10.1. The van der Waals surface area contributed by atoms with Crippen molar-refractivity contribution in [3.8, 4) is 5.75 Å². The third-order valence-electron chi connectivity index (χ3n) is 3.76. The summed E-state index contributed by atoms with van der Waals surface area (Å²) in [6, 6.07) is 8.25. The molecule has 0 radical (unpaired) electrons. The molecule has 6 heteroatoms. The molecule has 0 bridgehead atoms. The van der Waals surface area contributed by atoms with Crippen molar-refractivity contribution in [2.24, 2.45) is 4.99 Å². The fraction of sp³-hybridized carbons (Fsp3) is 0.474. The van der Waals surface area contributed by atoms with Gasteiger partial charge in [-0.15, -0.1) is 11.3 Å². The maximum absolute atomic E-state index is 5.18. The molecule has 1 heterocycles. The van der Waals surface area contributed by atoms with E-state index in [-0.39, 0.29) is 0 Å². The van der Waals surface area contributed by atoms with Crippen molar-refractivity contribution >= 4 is 17.3 Å². The summed E-state index contributed by atoms with van der Waals surface area (Å²) < 4.78 is 5.18. The Morgan fingerprint density at radius 1 is 1.20 bits per heavy atom. The Bertz CT molecular complexity index is 652. The summed E-state index contributed by atoms with van der Waals surface area (Å²) in [6.45, 7) is 6.58. The number of thiazole rings is 1. The maximum Gasteiger partial charge on any atom is 0.191 e. The van der Waals surface area contributed by atoms with Crippen LogP contribution in [0.25, 0.3) is 0 Å². The first-order valence-corrected chi connectivity index (χ1v) is 9.65. The molecule has 5 nitrogen and oxygen atoms in total. The molecule has 0 unspecified atom stereocenters. The van der Waals surface area contributed by atoms with Crippen LogP contribution in [0, 0.1) is 0 Å². The number of hydrogen-bond acceptors (Lipinski definition) is 4. The van der Waals surface area contributed by atoms with E-state index in [0.717, 1.165) is 49.1 Å². The van der Waals surface area contributed by atoms with Crippen molar-refractivity contribution in [2.75, 3.05) is 20.2 Å². The largest absolute Gasteiger partial charge is 0.497 e. The van der Waals surface area contributed by atoms with Crippen LogP contribution in [0.3, 0.4) is 0 Å². The normalized spacial score (nSPS) is 11.4. The minimum atomic E-state index is 0.623. The van der Waals surface area contributed by atoms with Gasteiger partial charge < -0.3 is 15.4 Å². The highest BCUT2D eigenvalue weighted by Crippen LogP contribution is 2.14. The first kappa shape index (κ1) is 19.2. The van der Waals surface area contributed by atoms with Gasteiger partial charge in [0.15, 0.2) is 5.96 Å². The van der Waals surface area contributed by atoms with Gasteiger partial charge >= 0.3 is 0 Å². The maximum atomic E-state index is 5.18. The Labute approximate surface area is 154 Å². The molecule has 0 saturated carbocycles. The fourth-order valence-electron chi connectivity index (χ4n) is 2.36. The Morgan fingerprint density at radius 3 is 2.64 bits per heavy atom. The van der Waals surface area contributed by atoms with Crippen molar-refractivity contribution in [1.29, 1.82) is 0 Å². The lowest BCUT2D eigenvalue weighted by Crippen LogP contribution is -2.37. The molecule has 0 fully saturated rings. The number of aromatic nitrogens is 1. The molecule has 25 heavy (non-hydrogen) atoms. The molecule has 2 N–H and O–H groups in total. The van der Waals surface area contributed by atoms with Crippen LogP contribution < -0.4 is 15.4 Å². The predicted molar refractivity (Wildman–Crippen MR) is 106 cm³/mol. The van der Waals surface area contributed by atoms with Crippen molar-refractivity contribution < 1.29 is 4.74 Å². The second-order valence-electron chi connectivity index (χ2n) is 5.65. The van der Waals surface area contributed by atoms with E-state index in [0.29, 0.717) is 6.54 Å². The highest BCUT2D eigenvalue weighted by atomic mass is 32.1. The number of nitrogens with zero attached hydrogens (tertiary/aromatic N) is 2. The fourth-order valence-corrected chi connectivity index (χ4v) is 3.15. The van der Waals surface area contributed by atoms with Gasteiger partial charge in [-0.3, -0.25) is 0 Å². The third-order valence-corrected chi connectivity index (χ3v) is 4.89. The molecule has 1 aromatic heterocycles. The lowest BCUT2D eigenvalue weighted by Gasteiger charge is -2.11. The molecule has 0 saturated heterocycles. The number of aliphatic imine (C=N–C) groups is 1. The smallest absolute Gasteiger partial charge is 0.191 e. The summed E-state index contributed by atoms with van der Waals surface area (Å²) in [7, 11) is 1.69. The summed E-state index contributed by atoms with van der Waals surface area (Å²) in [5.74, 6) is 1.75. The average Bonchev–Trinajstić information content (AvgIpc) is 3.11. The van der Waals surface area contributed by atoms with Crippen LogP contribution in [0.15, 0.2) is 35.5 Å². The Morgan fingerprint density at radius 2 is 2.00 bits per heavy atom. The number of rotatable bonds is 9. The number of methoxy groups -OCH3 is 1. The zero-order valence-electron chi connectivity index (χ0n) is 15.3. The molecule has 2 rings (SSSR count). The summed E-state index contributed by atoms with van der Waals surface area (Å²) >= 11 is 1.74. The molecule has 0 aliphatic carbocycles. The van der Waals surface area contributed by atoms with Crippen LogP contribution in [0.5, 0.6) is 5.75 Å². The minimum absolute atomic E-state index is 0.623. The van der Waals surface area contributed by atoms with Crippen LogP contribution in [0.2, 0.25) is 0 Å². The van der Waals surface area contributed by atoms with Gasteiger partial charge in [-0.25, -0.2) is 9.98 Å². The minimum Gasteiger partial charge on any atom is -0.497 e. The van der Waals surface area contributed by atoms with Crippen LogP contribution >= 0.6 is 11.3 Å². The number of aryl methyl sites for hydroxylation is 2. The molecule has 0 amide bonds. The Balaban J connectivity index is 1.76. The van der Waals surface area contributed by atoms with E-state index >= 15 is 0 Å². The van der Waals surface area contributed by atoms with Gasteiger partial charge in [0, 0.05) is 24.2 Å². The number of guanidine groups is 1. The molecule has 0 atom stereocenters. The molecular formula is C19H28N4OS. The molecular weight excluding hydrogens is 332 g/mol. The Hall–Kier alpha value is -2.08. The van der Waals surface area contributed by atoms with Gasteiger partial charge in [0.05, 0.1) is 13.7 Å². The number of nitrogens with one attached hydrogen (secondary N) is 2. The number of ether oxygens (including phenoxy) is 1. The van der Waals surface area contributed by atoms with E-state index in [1.165, 1.54) is 10.4 Å². The standard InChI is InChI=1S/C19H28N4OS/c1-4-17-13-22-18(25-17)14-23-19(20-5-2)21-12-6-7-15-8-10-16(24-3)11-9-15/h8-11,13H,4-7,12,14H2,1-3H3,(H2,20,21,23). The monoisotopic (exact) mass is 360 g/mol. The van der Waals surface area contributed by atoms with Crippen LogP contribution in [-0.4, -0.2) is 31.1 Å². The topological polar surface area (TPSA) is 58.5 Å². The van der Waals surface area contributed by atoms with Crippen LogP contribution in [0.4, 0.5) is 0 Å². The van der Waals surface area contributed by atoms with Gasteiger partial charge in [0.25, 0.3) is 0 Å². The summed E-state index contributed by atoms with van der Waals surface area (Å²) in [6.07, 6.45) is 5.06. The van der Waals surface area contributed by atoms with Crippen LogP contribution in [-0.2, 0) is 19.4 Å². The van der Waals surface area contributed by atoms with E-state index < -0.39 is 0 Å². The zero-order chi connectivity index (χ0) is 17.9. The SMILES string of the molecule is CCNC(=NCc1ncc(CC)s1)NCCCc1ccc(OC)cc1. The second-order valence-corrected chi connectivity index (χ2v) is 6.85. The Kier molecular flexibility index (Phi) is 8.25. The quantitative estimate of drug-likeness (QED) is 0.409. The molecule has 0 aliphatic rings. The molecule has 1 aromatic carbocycles. The number of benzene rings is 1. The first-order valence-electron chi connectivity index (χ1n) is 8.83.